The lowest BCUT2D eigenvalue weighted by molar-refractivity contribution is 0.229. The Balaban J connectivity index is 1.98. The van der Waals surface area contributed by atoms with Gasteiger partial charge in [-0.3, -0.25) is 0 Å². The molecule has 1 aromatic carbocycles. The molecule has 0 N–H and O–H groups in total. The molecule has 94 valence electrons. The van der Waals surface area contributed by atoms with E-state index < -0.39 is 5.82 Å². The summed E-state index contributed by atoms with van der Waals surface area (Å²) in [6.07, 6.45) is 3.80. The van der Waals surface area contributed by atoms with Crippen LogP contribution in [0.5, 0.6) is 0 Å². The summed E-state index contributed by atoms with van der Waals surface area (Å²) in [5.74, 6) is -0.391. The number of likely N-dealkylation sites (tertiary alicyclic amines) is 1. The van der Waals surface area contributed by atoms with Crippen molar-refractivity contribution in [2.45, 2.75) is 24.6 Å². The minimum Gasteiger partial charge on any atom is -0.302 e. The predicted molar refractivity (Wildman–Crippen MR) is 70.3 cm³/mol. The Bertz CT molecular complexity index is 378. The Morgan fingerprint density at radius 3 is 2.59 bits per heavy atom. The van der Waals surface area contributed by atoms with E-state index in [0.717, 1.165) is 25.2 Å². The van der Waals surface area contributed by atoms with E-state index in [-0.39, 0.29) is 10.4 Å². The molecule has 0 saturated carbocycles. The van der Waals surface area contributed by atoms with E-state index in [2.05, 4.69) is 4.90 Å². The quantitative estimate of drug-likeness (QED) is 0.746. The van der Waals surface area contributed by atoms with Crippen molar-refractivity contribution in [3.63, 3.8) is 0 Å². The van der Waals surface area contributed by atoms with Crippen LogP contribution >= 0.6 is 23.2 Å². The number of nitrogens with zero attached hydrogens (tertiary/aromatic N) is 1. The second-order valence-corrected chi connectivity index (χ2v) is 5.44. The molecule has 0 radical (unpaired) electrons. The highest BCUT2D eigenvalue weighted by Gasteiger charge is 2.16. The molecule has 1 fully saturated rings. The van der Waals surface area contributed by atoms with Crippen molar-refractivity contribution >= 4 is 23.2 Å². The Morgan fingerprint density at radius 2 is 1.94 bits per heavy atom. The lowest BCUT2D eigenvalue weighted by atomic mass is 10.1. The topological polar surface area (TPSA) is 3.24 Å². The van der Waals surface area contributed by atoms with Gasteiger partial charge in [-0.15, -0.1) is 11.6 Å². The number of hydrogen-bond acceptors (Lipinski definition) is 1. The number of hydrogen-bond donors (Lipinski definition) is 0. The second kappa shape index (κ2) is 6.03. The summed E-state index contributed by atoms with van der Waals surface area (Å²) < 4.78 is 13.0. The van der Waals surface area contributed by atoms with Crippen LogP contribution < -0.4 is 0 Å². The summed E-state index contributed by atoms with van der Waals surface area (Å²) in [4.78, 5) is 2.36. The van der Waals surface area contributed by atoms with E-state index in [4.69, 9.17) is 23.2 Å². The molecule has 2 rings (SSSR count). The maximum absolute atomic E-state index is 13.0. The first-order chi connectivity index (χ1) is 8.16. The first-order valence-corrected chi connectivity index (χ1v) is 6.79. The predicted octanol–water partition coefficient (Wildman–Crippen LogP) is 4.24. The second-order valence-electron chi connectivity index (χ2n) is 4.50. The molecule has 1 unspecified atom stereocenters. The van der Waals surface area contributed by atoms with Crippen LogP contribution in [0.2, 0.25) is 5.02 Å². The summed E-state index contributed by atoms with van der Waals surface area (Å²) in [5, 5.41) is 0.0259. The fourth-order valence-corrected chi connectivity index (χ4v) is 2.70. The monoisotopic (exact) mass is 275 g/mol. The number of halogens is 3. The van der Waals surface area contributed by atoms with Crippen molar-refractivity contribution in [3.05, 3.63) is 34.6 Å². The SMILES string of the molecule is Fc1ccc(C(Cl)CN2CCCCC2)cc1Cl. The molecule has 1 atom stereocenters. The maximum atomic E-state index is 13.0. The zero-order chi connectivity index (χ0) is 12.3. The first-order valence-electron chi connectivity index (χ1n) is 5.98. The van der Waals surface area contributed by atoms with Crippen LogP contribution in [-0.2, 0) is 0 Å². The highest BCUT2D eigenvalue weighted by atomic mass is 35.5. The third kappa shape index (κ3) is 3.57. The number of alkyl halides is 1. The summed E-state index contributed by atoms with van der Waals surface area (Å²) in [7, 11) is 0. The van der Waals surface area contributed by atoms with E-state index in [9.17, 15) is 4.39 Å². The highest BCUT2D eigenvalue weighted by molar-refractivity contribution is 6.31. The van der Waals surface area contributed by atoms with E-state index in [1.54, 1.807) is 12.1 Å². The highest BCUT2D eigenvalue weighted by Crippen LogP contribution is 2.26. The van der Waals surface area contributed by atoms with Gasteiger partial charge >= 0.3 is 0 Å². The fraction of sp³-hybridized carbons (Fsp3) is 0.538. The van der Waals surface area contributed by atoms with Crippen molar-refractivity contribution < 1.29 is 4.39 Å². The van der Waals surface area contributed by atoms with Crippen LogP contribution in [0.1, 0.15) is 30.2 Å². The van der Waals surface area contributed by atoms with Gasteiger partial charge in [0.2, 0.25) is 0 Å². The minimum atomic E-state index is -0.391. The molecule has 4 heteroatoms. The molecule has 1 aliphatic heterocycles. The van der Waals surface area contributed by atoms with Gasteiger partial charge in [0.1, 0.15) is 5.82 Å². The molecule has 0 amide bonds. The molecule has 0 aliphatic carbocycles. The molecule has 17 heavy (non-hydrogen) atoms. The summed E-state index contributed by atoms with van der Waals surface area (Å²) in [6, 6.07) is 4.71. The van der Waals surface area contributed by atoms with Crippen molar-refractivity contribution in [1.82, 2.24) is 4.90 Å². The fourth-order valence-electron chi connectivity index (χ4n) is 2.18. The van der Waals surface area contributed by atoms with Gasteiger partial charge in [-0.2, -0.15) is 0 Å². The van der Waals surface area contributed by atoms with Crippen LogP contribution in [0, 0.1) is 5.82 Å². The lowest BCUT2D eigenvalue weighted by Gasteiger charge is -2.28. The Morgan fingerprint density at radius 1 is 1.24 bits per heavy atom. The van der Waals surface area contributed by atoms with Gasteiger partial charge in [-0.05, 0) is 43.6 Å². The zero-order valence-electron chi connectivity index (χ0n) is 9.63. The largest absolute Gasteiger partial charge is 0.302 e. The molecule has 1 saturated heterocycles. The van der Waals surface area contributed by atoms with Crippen molar-refractivity contribution in [3.8, 4) is 0 Å². The van der Waals surface area contributed by atoms with Gasteiger partial charge in [-0.1, -0.05) is 24.1 Å². The van der Waals surface area contributed by atoms with E-state index in [1.807, 2.05) is 0 Å². The summed E-state index contributed by atoms with van der Waals surface area (Å²) in [5.41, 5.74) is 0.892. The van der Waals surface area contributed by atoms with Crippen molar-refractivity contribution in [2.24, 2.45) is 0 Å². The van der Waals surface area contributed by atoms with E-state index in [0.29, 0.717) is 0 Å². The average Bonchev–Trinajstić information content (AvgIpc) is 2.34. The number of benzene rings is 1. The Kier molecular flexibility index (Phi) is 4.66. The molecule has 1 heterocycles. The van der Waals surface area contributed by atoms with Crippen LogP contribution in [0.25, 0.3) is 0 Å². The van der Waals surface area contributed by atoms with Crippen LogP contribution in [0.15, 0.2) is 18.2 Å². The summed E-state index contributed by atoms with van der Waals surface area (Å²) >= 11 is 12.1. The van der Waals surface area contributed by atoms with Crippen molar-refractivity contribution in [1.29, 1.82) is 0 Å². The van der Waals surface area contributed by atoms with Gasteiger partial charge < -0.3 is 4.90 Å². The van der Waals surface area contributed by atoms with Crippen LogP contribution in [0.3, 0.4) is 0 Å². The van der Waals surface area contributed by atoms with Crippen LogP contribution in [0.4, 0.5) is 4.39 Å². The third-order valence-corrected chi connectivity index (χ3v) is 3.85. The average molecular weight is 276 g/mol. The van der Waals surface area contributed by atoms with Crippen molar-refractivity contribution in [2.75, 3.05) is 19.6 Å². The molecule has 0 spiro atoms. The summed E-state index contributed by atoms with van der Waals surface area (Å²) in [6.45, 7) is 3.03. The van der Waals surface area contributed by atoms with Gasteiger partial charge in [0, 0.05) is 6.54 Å². The number of rotatable bonds is 3. The van der Waals surface area contributed by atoms with Gasteiger partial charge in [0.05, 0.1) is 10.4 Å². The molecule has 1 nitrogen and oxygen atoms in total. The van der Waals surface area contributed by atoms with Gasteiger partial charge in [-0.25, -0.2) is 4.39 Å². The molecule has 1 aliphatic rings. The first kappa shape index (κ1) is 13.1. The Hall–Kier alpha value is -0.310. The van der Waals surface area contributed by atoms with E-state index in [1.165, 1.54) is 25.3 Å². The normalized spacial score (nSPS) is 19.2. The number of piperidine rings is 1. The van der Waals surface area contributed by atoms with E-state index >= 15 is 0 Å². The Labute approximate surface area is 112 Å². The third-order valence-electron chi connectivity index (χ3n) is 3.17. The molecule has 0 bridgehead atoms. The maximum Gasteiger partial charge on any atom is 0.141 e. The molecule has 1 aromatic rings. The standard InChI is InChI=1S/C13H16Cl2FN/c14-11-8-10(4-5-13(11)16)12(15)9-17-6-2-1-3-7-17/h4-5,8,12H,1-3,6-7,9H2. The molecular formula is C13H16Cl2FN. The molecular weight excluding hydrogens is 260 g/mol. The van der Waals surface area contributed by atoms with Crippen LogP contribution in [-0.4, -0.2) is 24.5 Å². The minimum absolute atomic E-state index is 0.119. The smallest absolute Gasteiger partial charge is 0.141 e. The van der Waals surface area contributed by atoms with Gasteiger partial charge in [0.15, 0.2) is 0 Å². The lowest BCUT2D eigenvalue weighted by Crippen LogP contribution is -2.32. The zero-order valence-corrected chi connectivity index (χ0v) is 11.1. The van der Waals surface area contributed by atoms with Gasteiger partial charge in [0.25, 0.3) is 0 Å². The molecule has 0 aromatic heterocycles.